The molecule has 1 aliphatic heterocycles. The van der Waals surface area contributed by atoms with Crippen LogP contribution in [0.3, 0.4) is 0 Å². The zero-order valence-electron chi connectivity index (χ0n) is 13.7. The van der Waals surface area contributed by atoms with E-state index in [9.17, 15) is 4.79 Å². The molecule has 2 aromatic heterocycles. The molecule has 7 heteroatoms. The van der Waals surface area contributed by atoms with Crippen molar-refractivity contribution in [3.8, 4) is 0 Å². The number of hydrogen-bond acceptors (Lipinski definition) is 6. The van der Waals surface area contributed by atoms with Gasteiger partial charge in [0.1, 0.15) is 4.88 Å². The van der Waals surface area contributed by atoms with E-state index in [0.29, 0.717) is 19.0 Å². The van der Waals surface area contributed by atoms with Gasteiger partial charge in [0.15, 0.2) is 0 Å². The molecule has 122 valence electrons. The first-order chi connectivity index (χ1) is 11.1. The second-order valence-corrected chi connectivity index (χ2v) is 6.98. The lowest BCUT2D eigenvalue weighted by molar-refractivity contribution is 0.0750. The molecule has 0 saturated carbocycles. The van der Waals surface area contributed by atoms with Crippen molar-refractivity contribution in [2.75, 3.05) is 31.1 Å². The van der Waals surface area contributed by atoms with E-state index in [4.69, 9.17) is 0 Å². The molecular weight excluding hydrogens is 310 g/mol. The SMILES string of the molecule is Cc1nc(C(C)C)sc1C(=O)N1CCN(c2ncccn2)CC1. The second-order valence-electron chi connectivity index (χ2n) is 5.95. The maximum Gasteiger partial charge on any atom is 0.265 e. The lowest BCUT2D eigenvalue weighted by Gasteiger charge is -2.34. The zero-order chi connectivity index (χ0) is 16.4. The number of nitrogens with zero attached hydrogens (tertiary/aromatic N) is 5. The van der Waals surface area contributed by atoms with Gasteiger partial charge in [0.25, 0.3) is 5.91 Å². The Hall–Kier alpha value is -2.02. The van der Waals surface area contributed by atoms with Crippen molar-refractivity contribution < 1.29 is 4.79 Å². The molecule has 1 amide bonds. The Morgan fingerprint density at radius 1 is 1.17 bits per heavy atom. The Morgan fingerprint density at radius 2 is 1.83 bits per heavy atom. The normalized spacial score (nSPS) is 15.3. The first kappa shape index (κ1) is 15.9. The average molecular weight is 331 g/mol. The van der Waals surface area contributed by atoms with Gasteiger partial charge in [0.05, 0.1) is 10.7 Å². The van der Waals surface area contributed by atoms with Crippen molar-refractivity contribution >= 4 is 23.2 Å². The van der Waals surface area contributed by atoms with Gasteiger partial charge in [-0.2, -0.15) is 0 Å². The van der Waals surface area contributed by atoms with Crippen molar-refractivity contribution in [1.82, 2.24) is 19.9 Å². The molecule has 1 aliphatic rings. The summed E-state index contributed by atoms with van der Waals surface area (Å²) >= 11 is 1.53. The summed E-state index contributed by atoms with van der Waals surface area (Å²) in [6.45, 7) is 9.01. The Kier molecular flexibility index (Phi) is 4.56. The van der Waals surface area contributed by atoms with Crippen LogP contribution in [0.4, 0.5) is 5.95 Å². The molecule has 23 heavy (non-hydrogen) atoms. The van der Waals surface area contributed by atoms with Gasteiger partial charge in [-0.05, 0) is 13.0 Å². The molecule has 0 spiro atoms. The number of rotatable bonds is 3. The van der Waals surface area contributed by atoms with Crippen molar-refractivity contribution in [3.05, 3.63) is 34.0 Å². The number of aromatic nitrogens is 3. The van der Waals surface area contributed by atoms with Crippen molar-refractivity contribution in [2.45, 2.75) is 26.7 Å². The first-order valence-corrected chi connectivity index (χ1v) is 8.66. The lowest BCUT2D eigenvalue weighted by Crippen LogP contribution is -2.49. The molecule has 0 N–H and O–H groups in total. The zero-order valence-corrected chi connectivity index (χ0v) is 14.5. The average Bonchev–Trinajstić information content (AvgIpc) is 2.97. The maximum absolute atomic E-state index is 12.7. The van der Waals surface area contributed by atoms with Crippen LogP contribution in [-0.4, -0.2) is 51.9 Å². The van der Waals surface area contributed by atoms with Crippen molar-refractivity contribution in [2.24, 2.45) is 0 Å². The Balaban J connectivity index is 1.67. The van der Waals surface area contributed by atoms with Gasteiger partial charge in [-0.3, -0.25) is 4.79 Å². The summed E-state index contributed by atoms with van der Waals surface area (Å²) in [5.41, 5.74) is 0.845. The molecule has 0 radical (unpaired) electrons. The first-order valence-electron chi connectivity index (χ1n) is 7.85. The quantitative estimate of drug-likeness (QED) is 0.864. The minimum Gasteiger partial charge on any atom is -0.337 e. The number of hydrogen-bond donors (Lipinski definition) is 0. The summed E-state index contributed by atoms with van der Waals surface area (Å²) in [7, 11) is 0. The van der Waals surface area contributed by atoms with Crippen LogP contribution in [0.5, 0.6) is 0 Å². The monoisotopic (exact) mass is 331 g/mol. The molecule has 1 fully saturated rings. The summed E-state index contributed by atoms with van der Waals surface area (Å²) in [5, 5.41) is 1.03. The minimum absolute atomic E-state index is 0.0977. The third-order valence-electron chi connectivity index (χ3n) is 3.90. The van der Waals surface area contributed by atoms with E-state index in [2.05, 4.69) is 33.7 Å². The molecular formula is C16H21N5OS. The number of amides is 1. The molecule has 0 unspecified atom stereocenters. The van der Waals surface area contributed by atoms with E-state index < -0.39 is 0 Å². The Bertz CT molecular complexity index is 677. The number of anilines is 1. The Labute approximate surface area is 140 Å². The molecule has 1 saturated heterocycles. The number of carbonyl (C=O) groups excluding carboxylic acids is 1. The summed E-state index contributed by atoms with van der Waals surface area (Å²) < 4.78 is 0. The van der Waals surface area contributed by atoms with Gasteiger partial charge in [-0.15, -0.1) is 11.3 Å². The van der Waals surface area contributed by atoms with Crippen LogP contribution in [-0.2, 0) is 0 Å². The van der Waals surface area contributed by atoms with E-state index in [1.165, 1.54) is 11.3 Å². The molecule has 0 bridgehead atoms. The molecule has 0 atom stereocenters. The predicted octanol–water partition coefficient (Wildman–Crippen LogP) is 2.33. The van der Waals surface area contributed by atoms with E-state index in [0.717, 1.165) is 34.6 Å². The third kappa shape index (κ3) is 3.34. The maximum atomic E-state index is 12.7. The second kappa shape index (κ2) is 6.62. The van der Waals surface area contributed by atoms with Crippen LogP contribution in [0, 0.1) is 6.92 Å². The van der Waals surface area contributed by atoms with Gasteiger partial charge in [-0.25, -0.2) is 15.0 Å². The Morgan fingerprint density at radius 3 is 2.39 bits per heavy atom. The highest BCUT2D eigenvalue weighted by Gasteiger charge is 2.26. The van der Waals surface area contributed by atoms with Gasteiger partial charge < -0.3 is 9.80 Å². The summed E-state index contributed by atoms with van der Waals surface area (Å²) in [5.74, 6) is 1.18. The highest BCUT2D eigenvalue weighted by molar-refractivity contribution is 7.13. The molecule has 0 aliphatic carbocycles. The van der Waals surface area contributed by atoms with Crippen molar-refractivity contribution in [3.63, 3.8) is 0 Å². The summed E-state index contributed by atoms with van der Waals surface area (Å²) in [6, 6.07) is 1.81. The number of thiazole rings is 1. The van der Waals surface area contributed by atoms with Gasteiger partial charge in [0, 0.05) is 44.5 Å². The smallest absolute Gasteiger partial charge is 0.265 e. The van der Waals surface area contributed by atoms with Gasteiger partial charge >= 0.3 is 0 Å². The molecule has 3 rings (SSSR count). The lowest BCUT2D eigenvalue weighted by atomic mass is 10.2. The molecule has 2 aromatic rings. The topological polar surface area (TPSA) is 62.2 Å². The van der Waals surface area contributed by atoms with Crippen LogP contribution in [0.15, 0.2) is 18.5 Å². The van der Waals surface area contributed by atoms with Gasteiger partial charge in [0.2, 0.25) is 5.95 Å². The number of piperazine rings is 1. The molecule has 6 nitrogen and oxygen atoms in total. The molecule has 3 heterocycles. The fourth-order valence-corrected chi connectivity index (χ4v) is 3.61. The van der Waals surface area contributed by atoms with E-state index in [-0.39, 0.29) is 5.91 Å². The predicted molar refractivity (Wildman–Crippen MR) is 91.1 cm³/mol. The van der Waals surface area contributed by atoms with Crippen molar-refractivity contribution in [1.29, 1.82) is 0 Å². The van der Waals surface area contributed by atoms with E-state index in [1.54, 1.807) is 12.4 Å². The molecule has 0 aromatic carbocycles. The minimum atomic E-state index is 0.0977. The highest BCUT2D eigenvalue weighted by atomic mass is 32.1. The fourth-order valence-electron chi connectivity index (χ4n) is 2.57. The van der Waals surface area contributed by atoms with E-state index >= 15 is 0 Å². The fraction of sp³-hybridized carbons (Fsp3) is 0.500. The van der Waals surface area contributed by atoms with Crippen LogP contribution < -0.4 is 4.90 Å². The van der Waals surface area contributed by atoms with Crippen LogP contribution in [0.1, 0.15) is 40.1 Å². The summed E-state index contributed by atoms with van der Waals surface area (Å²) in [4.78, 5) is 30.6. The third-order valence-corrected chi connectivity index (χ3v) is 5.35. The van der Waals surface area contributed by atoms with Crippen LogP contribution in [0.2, 0.25) is 0 Å². The highest BCUT2D eigenvalue weighted by Crippen LogP contribution is 2.26. The standard InChI is InChI=1S/C16H21N5OS/c1-11(2)14-19-12(3)13(23-14)15(22)20-7-9-21(10-8-20)16-17-5-4-6-18-16/h4-6,11H,7-10H2,1-3H3. The number of aryl methyl sites for hydroxylation is 1. The van der Waals surface area contributed by atoms with Crippen LogP contribution in [0.25, 0.3) is 0 Å². The van der Waals surface area contributed by atoms with E-state index in [1.807, 2.05) is 17.9 Å². The van der Waals surface area contributed by atoms with Crippen LogP contribution >= 0.6 is 11.3 Å². The van der Waals surface area contributed by atoms with Gasteiger partial charge in [-0.1, -0.05) is 13.8 Å². The largest absolute Gasteiger partial charge is 0.337 e. The summed E-state index contributed by atoms with van der Waals surface area (Å²) in [6.07, 6.45) is 3.49. The number of carbonyl (C=O) groups is 1.